The van der Waals surface area contributed by atoms with Gasteiger partial charge in [0.05, 0.1) is 11.6 Å². The van der Waals surface area contributed by atoms with Gasteiger partial charge in [0.1, 0.15) is 5.69 Å². The number of piperidine rings is 1. The molecule has 2 unspecified atom stereocenters. The summed E-state index contributed by atoms with van der Waals surface area (Å²) < 4.78 is 1.90. The van der Waals surface area contributed by atoms with Gasteiger partial charge in [-0.15, -0.1) is 0 Å². The van der Waals surface area contributed by atoms with E-state index in [4.69, 9.17) is 5.73 Å². The summed E-state index contributed by atoms with van der Waals surface area (Å²) in [5.74, 6) is 0.107. The molecule has 0 saturated carbocycles. The van der Waals surface area contributed by atoms with Gasteiger partial charge in [-0.2, -0.15) is 5.10 Å². The topological polar surface area (TPSA) is 85.0 Å². The Kier molecular flexibility index (Phi) is 5.00. The van der Waals surface area contributed by atoms with Gasteiger partial charge in [0, 0.05) is 19.3 Å². The molecule has 0 radical (unpaired) electrons. The fourth-order valence-corrected chi connectivity index (χ4v) is 2.48. The van der Waals surface area contributed by atoms with Crippen LogP contribution >= 0.6 is 0 Å². The number of aromatic nitrogens is 2. The summed E-state index contributed by atoms with van der Waals surface area (Å²) in [6, 6.07) is 2.12. The monoisotopic (exact) mass is 293 g/mol. The van der Waals surface area contributed by atoms with Gasteiger partial charge in [-0.3, -0.25) is 9.48 Å². The van der Waals surface area contributed by atoms with Crippen LogP contribution in [0.2, 0.25) is 0 Å². The van der Waals surface area contributed by atoms with Crippen LogP contribution in [0.1, 0.15) is 50.1 Å². The largest absolute Gasteiger partial charge is 0.344 e. The Morgan fingerprint density at radius 2 is 2.43 bits per heavy atom. The highest BCUT2D eigenvalue weighted by Gasteiger charge is 2.29. The molecule has 1 saturated heterocycles. The number of hydrogen-bond acceptors (Lipinski definition) is 4. The molecule has 2 heterocycles. The van der Waals surface area contributed by atoms with Gasteiger partial charge < -0.3 is 16.4 Å². The fraction of sp³-hybridized carbons (Fsp3) is 0.733. The molecule has 4 N–H and O–H groups in total. The van der Waals surface area contributed by atoms with Gasteiger partial charge >= 0.3 is 0 Å². The van der Waals surface area contributed by atoms with Crippen LogP contribution < -0.4 is 16.4 Å². The lowest BCUT2D eigenvalue weighted by molar-refractivity contribution is 0.0876. The number of carbonyl (C=O) groups is 1. The minimum atomic E-state index is -0.409. The molecule has 0 spiro atoms. The smallest absolute Gasteiger partial charge is 0.272 e. The molecule has 2 rings (SSSR count). The van der Waals surface area contributed by atoms with Crippen LogP contribution in [0, 0.1) is 5.92 Å². The van der Waals surface area contributed by atoms with Crippen LogP contribution in [0.25, 0.3) is 0 Å². The van der Waals surface area contributed by atoms with Crippen molar-refractivity contribution in [2.75, 3.05) is 19.6 Å². The number of hydrogen-bond donors (Lipinski definition) is 3. The van der Waals surface area contributed by atoms with Gasteiger partial charge in [0.15, 0.2) is 0 Å². The number of rotatable bonds is 5. The maximum atomic E-state index is 12.4. The van der Waals surface area contributed by atoms with E-state index in [1.165, 1.54) is 0 Å². The summed E-state index contributed by atoms with van der Waals surface area (Å²) in [6.45, 7) is 8.46. The standard InChI is InChI=1S/C15H27N5O/c1-11(2)15(3,10-16)18-14(21)13-6-8-20(19-13)12-5-4-7-17-9-12/h6,8,11-12,17H,4-5,7,9-10,16H2,1-3H3,(H,18,21). The average Bonchev–Trinajstić information content (AvgIpc) is 2.97. The van der Waals surface area contributed by atoms with Crippen molar-refractivity contribution in [3.63, 3.8) is 0 Å². The zero-order valence-electron chi connectivity index (χ0n) is 13.2. The summed E-state index contributed by atoms with van der Waals surface area (Å²) >= 11 is 0. The molecule has 1 amide bonds. The summed E-state index contributed by atoms with van der Waals surface area (Å²) in [5.41, 5.74) is 5.86. The number of nitrogens with zero attached hydrogens (tertiary/aromatic N) is 2. The van der Waals surface area contributed by atoms with Gasteiger partial charge in [-0.1, -0.05) is 13.8 Å². The molecule has 0 aliphatic carbocycles. The highest BCUT2D eigenvalue weighted by atomic mass is 16.2. The van der Waals surface area contributed by atoms with E-state index in [0.717, 1.165) is 25.9 Å². The second-order valence-corrected chi connectivity index (χ2v) is 6.41. The zero-order chi connectivity index (χ0) is 15.5. The Hall–Kier alpha value is -1.40. The van der Waals surface area contributed by atoms with Crippen molar-refractivity contribution in [1.29, 1.82) is 0 Å². The second kappa shape index (κ2) is 6.58. The molecule has 21 heavy (non-hydrogen) atoms. The molecular weight excluding hydrogens is 266 g/mol. The van der Waals surface area contributed by atoms with Crippen LogP contribution in [0.15, 0.2) is 12.3 Å². The second-order valence-electron chi connectivity index (χ2n) is 6.41. The molecule has 118 valence electrons. The molecule has 6 heteroatoms. The lowest BCUT2D eigenvalue weighted by Crippen LogP contribution is -2.55. The van der Waals surface area contributed by atoms with Crippen molar-refractivity contribution in [3.8, 4) is 0 Å². The quantitative estimate of drug-likeness (QED) is 0.753. The van der Waals surface area contributed by atoms with Gasteiger partial charge in [-0.05, 0) is 38.3 Å². The molecule has 1 fully saturated rings. The predicted octanol–water partition coefficient (Wildman–Crippen LogP) is 0.911. The van der Waals surface area contributed by atoms with E-state index in [2.05, 4.69) is 29.6 Å². The number of carbonyl (C=O) groups excluding carboxylic acids is 1. The van der Waals surface area contributed by atoms with E-state index >= 15 is 0 Å². The van der Waals surface area contributed by atoms with E-state index < -0.39 is 5.54 Å². The molecule has 2 atom stereocenters. The van der Waals surface area contributed by atoms with Crippen molar-refractivity contribution in [3.05, 3.63) is 18.0 Å². The van der Waals surface area contributed by atoms with Crippen molar-refractivity contribution < 1.29 is 4.79 Å². The minimum absolute atomic E-state index is 0.154. The van der Waals surface area contributed by atoms with Crippen molar-refractivity contribution in [2.24, 2.45) is 11.7 Å². The summed E-state index contributed by atoms with van der Waals surface area (Å²) in [5, 5.41) is 10.8. The maximum absolute atomic E-state index is 12.4. The first kappa shape index (κ1) is 16.0. The normalized spacial score (nSPS) is 22.0. The maximum Gasteiger partial charge on any atom is 0.272 e. The Balaban J connectivity index is 2.05. The third kappa shape index (κ3) is 3.63. The Morgan fingerprint density at radius 1 is 1.67 bits per heavy atom. The van der Waals surface area contributed by atoms with Gasteiger partial charge in [0.25, 0.3) is 5.91 Å². The summed E-state index contributed by atoms with van der Waals surface area (Å²) in [6.07, 6.45) is 4.13. The van der Waals surface area contributed by atoms with E-state index in [-0.39, 0.29) is 11.8 Å². The summed E-state index contributed by atoms with van der Waals surface area (Å²) in [7, 11) is 0. The van der Waals surface area contributed by atoms with Crippen LogP contribution in [-0.2, 0) is 0 Å². The first-order valence-corrected chi connectivity index (χ1v) is 7.74. The van der Waals surface area contributed by atoms with Crippen molar-refractivity contribution in [1.82, 2.24) is 20.4 Å². The zero-order valence-corrected chi connectivity index (χ0v) is 13.2. The number of nitrogens with two attached hydrogens (primary N) is 1. The molecule has 1 aliphatic rings. The molecule has 1 aromatic rings. The number of amides is 1. The van der Waals surface area contributed by atoms with Crippen molar-refractivity contribution >= 4 is 5.91 Å². The van der Waals surface area contributed by atoms with E-state index in [9.17, 15) is 4.79 Å². The highest BCUT2D eigenvalue weighted by Crippen LogP contribution is 2.17. The fourth-order valence-electron chi connectivity index (χ4n) is 2.48. The molecule has 1 aliphatic heterocycles. The van der Waals surface area contributed by atoms with Gasteiger partial charge in [-0.25, -0.2) is 0 Å². The van der Waals surface area contributed by atoms with Crippen LogP contribution in [0.3, 0.4) is 0 Å². The molecule has 0 aromatic carbocycles. The van der Waals surface area contributed by atoms with Gasteiger partial charge in [0.2, 0.25) is 0 Å². The minimum Gasteiger partial charge on any atom is -0.344 e. The number of nitrogens with one attached hydrogen (secondary N) is 2. The Labute approximate surface area is 126 Å². The van der Waals surface area contributed by atoms with E-state index in [0.29, 0.717) is 18.3 Å². The lowest BCUT2D eigenvalue weighted by atomic mass is 9.88. The van der Waals surface area contributed by atoms with Crippen LogP contribution in [0.4, 0.5) is 0 Å². The SMILES string of the molecule is CC(C)C(C)(CN)NC(=O)c1ccn(C2CCCNC2)n1. The Morgan fingerprint density at radius 3 is 3.00 bits per heavy atom. The molecule has 6 nitrogen and oxygen atoms in total. The third-order valence-electron chi connectivity index (χ3n) is 4.58. The predicted molar refractivity (Wildman–Crippen MR) is 83.1 cm³/mol. The molecule has 0 bridgehead atoms. The van der Waals surface area contributed by atoms with E-state index in [1.807, 2.05) is 17.8 Å². The molecule has 1 aromatic heterocycles. The first-order valence-electron chi connectivity index (χ1n) is 7.74. The average molecular weight is 293 g/mol. The van der Waals surface area contributed by atoms with Crippen molar-refractivity contribution in [2.45, 2.75) is 45.2 Å². The lowest BCUT2D eigenvalue weighted by Gasteiger charge is -2.33. The highest BCUT2D eigenvalue weighted by molar-refractivity contribution is 5.92. The summed E-state index contributed by atoms with van der Waals surface area (Å²) in [4.78, 5) is 12.4. The van der Waals surface area contributed by atoms with E-state index in [1.54, 1.807) is 6.07 Å². The molecular formula is C15H27N5O. The van der Waals surface area contributed by atoms with Crippen LogP contribution in [-0.4, -0.2) is 40.9 Å². The van der Waals surface area contributed by atoms with Crippen LogP contribution in [0.5, 0.6) is 0 Å². The Bertz CT molecular complexity index is 478. The first-order chi connectivity index (χ1) is 9.96. The third-order valence-corrected chi connectivity index (χ3v) is 4.58.